The molecule has 0 aliphatic heterocycles. The Labute approximate surface area is 137 Å². The SMILES string of the molecule is O=C(Nc1nc2c(C(F)(F)F)cccc2s1)c1[c]ccc(Cl)c1. The molecule has 0 aliphatic rings. The molecule has 1 radical (unpaired) electrons. The molecule has 0 bridgehead atoms. The van der Waals surface area contributed by atoms with E-state index in [1.807, 2.05) is 0 Å². The summed E-state index contributed by atoms with van der Waals surface area (Å²) >= 11 is 6.75. The van der Waals surface area contributed by atoms with E-state index in [1.54, 1.807) is 6.07 Å². The van der Waals surface area contributed by atoms with E-state index in [4.69, 9.17) is 11.6 Å². The number of thiazole rings is 1. The van der Waals surface area contributed by atoms with Crippen LogP contribution in [0.1, 0.15) is 15.9 Å². The van der Waals surface area contributed by atoms with Crippen LogP contribution < -0.4 is 5.32 Å². The molecule has 0 saturated carbocycles. The van der Waals surface area contributed by atoms with Gasteiger partial charge in [0.05, 0.1) is 15.8 Å². The smallest absolute Gasteiger partial charge is 0.298 e. The van der Waals surface area contributed by atoms with Gasteiger partial charge in [-0.2, -0.15) is 13.2 Å². The van der Waals surface area contributed by atoms with Crippen LogP contribution in [0.15, 0.2) is 36.4 Å². The first kappa shape index (κ1) is 15.8. The van der Waals surface area contributed by atoms with E-state index in [9.17, 15) is 18.0 Å². The number of benzene rings is 2. The van der Waals surface area contributed by atoms with Crippen LogP contribution in [-0.4, -0.2) is 10.9 Å². The maximum atomic E-state index is 13.0. The monoisotopic (exact) mass is 355 g/mol. The minimum Gasteiger partial charge on any atom is -0.298 e. The summed E-state index contributed by atoms with van der Waals surface area (Å²) in [6.07, 6.45) is -4.50. The van der Waals surface area contributed by atoms with E-state index >= 15 is 0 Å². The van der Waals surface area contributed by atoms with Crippen LogP contribution in [0.3, 0.4) is 0 Å². The van der Waals surface area contributed by atoms with E-state index < -0.39 is 17.6 Å². The summed E-state index contributed by atoms with van der Waals surface area (Å²) in [6.45, 7) is 0. The van der Waals surface area contributed by atoms with Crippen LogP contribution in [0, 0.1) is 6.07 Å². The lowest BCUT2D eigenvalue weighted by Gasteiger charge is -2.06. The van der Waals surface area contributed by atoms with E-state index in [2.05, 4.69) is 16.4 Å². The number of nitrogens with one attached hydrogen (secondary N) is 1. The number of alkyl halides is 3. The zero-order valence-corrected chi connectivity index (χ0v) is 12.8. The zero-order valence-electron chi connectivity index (χ0n) is 11.2. The standard InChI is InChI=1S/C15H7ClF3N2OS/c16-9-4-1-3-8(7-9)13(22)21-14-20-12-10(15(17,18)19)5-2-6-11(12)23-14/h1-2,4-7H,(H,20,21,22). The molecular formula is C15H7ClF3N2OS. The minimum atomic E-state index is -4.50. The number of para-hydroxylation sites is 1. The Hall–Kier alpha value is -2.12. The van der Waals surface area contributed by atoms with Crippen molar-refractivity contribution in [2.75, 3.05) is 5.32 Å². The fraction of sp³-hybridized carbons (Fsp3) is 0.0667. The number of amides is 1. The zero-order chi connectivity index (χ0) is 16.6. The molecule has 3 aromatic rings. The van der Waals surface area contributed by atoms with Crippen LogP contribution in [-0.2, 0) is 6.18 Å². The molecule has 0 fully saturated rings. The van der Waals surface area contributed by atoms with Crippen LogP contribution >= 0.6 is 22.9 Å². The Balaban J connectivity index is 1.94. The molecule has 1 amide bonds. The van der Waals surface area contributed by atoms with Crippen molar-refractivity contribution in [3.63, 3.8) is 0 Å². The van der Waals surface area contributed by atoms with Gasteiger partial charge in [-0.25, -0.2) is 4.98 Å². The van der Waals surface area contributed by atoms with Gasteiger partial charge in [0.1, 0.15) is 0 Å². The second kappa shape index (κ2) is 5.82. The second-order valence-corrected chi connectivity index (χ2v) is 6.01. The molecule has 117 valence electrons. The molecule has 0 unspecified atom stereocenters. The van der Waals surface area contributed by atoms with Crippen molar-refractivity contribution in [3.8, 4) is 0 Å². The molecule has 23 heavy (non-hydrogen) atoms. The third-order valence-electron chi connectivity index (χ3n) is 2.95. The second-order valence-electron chi connectivity index (χ2n) is 4.54. The molecule has 0 aliphatic carbocycles. The minimum absolute atomic E-state index is 0.0788. The Morgan fingerprint density at radius 3 is 2.78 bits per heavy atom. The van der Waals surface area contributed by atoms with Crippen LogP contribution in [0.5, 0.6) is 0 Å². The lowest BCUT2D eigenvalue weighted by molar-refractivity contribution is -0.136. The van der Waals surface area contributed by atoms with Gasteiger partial charge in [-0.3, -0.25) is 10.1 Å². The number of fused-ring (bicyclic) bond motifs is 1. The Morgan fingerprint density at radius 1 is 1.30 bits per heavy atom. The van der Waals surface area contributed by atoms with Crippen molar-refractivity contribution < 1.29 is 18.0 Å². The molecule has 1 N–H and O–H groups in total. The maximum Gasteiger partial charge on any atom is 0.418 e. The largest absolute Gasteiger partial charge is 0.418 e. The van der Waals surface area contributed by atoms with Crippen LogP contribution in [0.2, 0.25) is 5.02 Å². The summed E-state index contributed by atoms with van der Waals surface area (Å²) in [7, 11) is 0. The number of rotatable bonds is 2. The fourth-order valence-corrected chi connectivity index (χ4v) is 3.02. The normalized spacial score (nSPS) is 11.7. The lowest BCUT2D eigenvalue weighted by atomic mass is 10.2. The highest BCUT2D eigenvalue weighted by atomic mass is 35.5. The number of hydrogen-bond donors (Lipinski definition) is 1. The molecule has 0 saturated heterocycles. The first-order chi connectivity index (χ1) is 10.8. The van der Waals surface area contributed by atoms with Gasteiger partial charge < -0.3 is 0 Å². The molecule has 2 aromatic carbocycles. The van der Waals surface area contributed by atoms with Crippen molar-refractivity contribution in [2.45, 2.75) is 6.18 Å². The Morgan fingerprint density at radius 2 is 2.09 bits per heavy atom. The number of nitrogens with zero attached hydrogens (tertiary/aromatic N) is 1. The molecule has 1 heterocycles. The van der Waals surface area contributed by atoms with Crippen molar-refractivity contribution >= 4 is 44.2 Å². The average molecular weight is 356 g/mol. The summed E-state index contributed by atoms with van der Waals surface area (Å²) in [5.41, 5.74) is -0.843. The molecule has 0 spiro atoms. The van der Waals surface area contributed by atoms with Gasteiger partial charge in [0.15, 0.2) is 5.13 Å². The van der Waals surface area contributed by atoms with E-state index in [1.165, 1.54) is 24.3 Å². The van der Waals surface area contributed by atoms with Crippen LogP contribution in [0.4, 0.5) is 18.3 Å². The van der Waals surface area contributed by atoms with Gasteiger partial charge in [-0.05, 0) is 30.3 Å². The van der Waals surface area contributed by atoms with E-state index in [0.29, 0.717) is 9.72 Å². The quantitative estimate of drug-likeness (QED) is 0.701. The molecular weight excluding hydrogens is 349 g/mol. The van der Waals surface area contributed by atoms with Crippen molar-refractivity contribution in [1.29, 1.82) is 0 Å². The highest BCUT2D eigenvalue weighted by Gasteiger charge is 2.33. The summed E-state index contributed by atoms with van der Waals surface area (Å²) in [5.74, 6) is -0.542. The number of halogens is 4. The first-order valence-corrected chi connectivity index (χ1v) is 7.49. The number of aromatic nitrogens is 1. The number of carbonyl (C=O) groups is 1. The lowest BCUT2D eigenvalue weighted by Crippen LogP contribution is -2.11. The van der Waals surface area contributed by atoms with Gasteiger partial charge in [0, 0.05) is 10.6 Å². The van der Waals surface area contributed by atoms with E-state index in [-0.39, 0.29) is 16.2 Å². The Kier molecular flexibility index (Phi) is 3.99. The molecule has 1 aromatic heterocycles. The highest BCUT2D eigenvalue weighted by molar-refractivity contribution is 7.22. The van der Waals surface area contributed by atoms with Gasteiger partial charge >= 0.3 is 6.18 Å². The maximum absolute atomic E-state index is 13.0. The summed E-state index contributed by atoms with van der Waals surface area (Å²) in [4.78, 5) is 16.0. The molecule has 0 atom stereocenters. The van der Waals surface area contributed by atoms with Gasteiger partial charge in [-0.15, -0.1) is 0 Å². The molecule has 3 nitrogen and oxygen atoms in total. The third kappa shape index (κ3) is 3.30. The fourth-order valence-electron chi connectivity index (χ4n) is 1.97. The van der Waals surface area contributed by atoms with Crippen molar-refractivity contribution in [3.05, 3.63) is 58.6 Å². The van der Waals surface area contributed by atoms with Gasteiger partial charge in [0.2, 0.25) is 0 Å². The molecule has 8 heteroatoms. The van der Waals surface area contributed by atoms with E-state index in [0.717, 1.165) is 17.4 Å². The highest BCUT2D eigenvalue weighted by Crippen LogP contribution is 2.37. The summed E-state index contributed by atoms with van der Waals surface area (Å²) < 4.78 is 39.2. The summed E-state index contributed by atoms with van der Waals surface area (Å²) in [5, 5.41) is 2.90. The summed E-state index contributed by atoms with van der Waals surface area (Å²) in [6, 6.07) is 10.9. The van der Waals surface area contributed by atoms with Gasteiger partial charge in [-0.1, -0.05) is 35.1 Å². The number of hydrogen-bond acceptors (Lipinski definition) is 3. The first-order valence-electron chi connectivity index (χ1n) is 6.30. The predicted octanol–water partition coefficient (Wildman–Crippen LogP) is 5.02. The predicted molar refractivity (Wildman–Crippen MR) is 82.9 cm³/mol. The Bertz CT molecular complexity index is 892. The van der Waals surface area contributed by atoms with Gasteiger partial charge in [0.25, 0.3) is 5.91 Å². The topological polar surface area (TPSA) is 42.0 Å². The molecule has 3 rings (SSSR count). The van der Waals surface area contributed by atoms with Crippen molar-refractivity contribution in [2.24, 2.45) is 0 Å². The van der Waals surface area contributed by atoms with Crippen molar-refractivity contribution in [1.82, 2.24) is 4.98 Å². The number of anilines is 1. The third-order valence-corrected chi connectivity index (χ3v) is 4.12. The average Bonchev–Trinajstić information content (AvgIpc) is 2.88. The number of carbonyl (C=O) groups excluding carboxylic acids is 1. The van der Waals surface area contributed by atoms with Crippen LogP contribution in [0.25, 0.3) is 10.2 Å².